The molecule has 0 spiro atoms. The van der Waals surface area contributed by atoms with Crippen LogP contribution in [-0.2, 0) is 4.74 Å². The Bertz CT molecular complexity index is 385. The van der Waals surface area contributed by atoms with Gasteiger partial charge in [0.05, 0.1) is 6.10 Å². The second kappa shape index (κ2) is 8.65. The lowest BCUT2D eigenvalue weighted by molar-refractivity contribution is -0.0777. The predicted molar refractivity (Wildman–Crippen MR) is 68.9 cm³/mol. The van der Waals surface area contributed by atoms with Crippen molar-refractivity contribution in [2.45, 2.75) is 45.0 Å². The molecule has 0 aliphatic carbocycles. The maximum atomic E-state index is 9.13. The van der Waals surface area contributed by atoms with Crippen LogP contribution in [0.3, 0.4) is 0 Å². The summed E-state index contributed by atoms with van der Waals surface area (Å²) in [4.78, 5) is 0. The topological polar surface area (TPSA) is 29.5 Å². The molecule has 0 aromatic carbocycles. The maximum Gasteiger partial charge on any atom is 0.155 e. The van der Waals surface area contributed by atoms with E-state index in [0.717, 1.165) is 19.3 Å². The fourth-order valence-corrected chi connectivity index (χ4v) is 1.39. The molecule has 0 bridgehead atoms. The third-order valence-electron chi connectivity index (χ3n) is 2.24. The van der Waals surface area contributed by atoms with E-state index in [-0.39, 0.29) is 6.10 Å². The zero-order valence-corrected chi connectivity index (χ0v) is 10.1. The number of hydrogen-bond acceptors (Lipinski definition) is 2. The fourth-order valence-electron chi connectivity index (χ4n) is 1.39. The van der Waals surface area contributed by atoms with Gasteiger partial charge >= 0.3 is 0 Å². The average Bonchev–Trinajstić information content (AvgIpc) is 2.73. The van der Waals surface area contributed by atoms with E-state index in [2.05, 4.69) is 30.6 Å². The highest BCUT2D eigenvalue weighted by molar-refractivity contribution is 5.31. The van der Waals surface area contributed by atoms with E-state index in [4.69, 9.17) is 9.84 Å². The van der Waals surface area contributed by atoms with Crippen molar-refractivity contribution in [2.24, 2.45) is 0 Å². The summed E-state index contributed by atoms with van der Waals surface area (Å²) >= 11 is 0. The van der Waals surface area contributed by atoms with E-state index < -0.39 is 6.29 Å². The number of ether oxygens (including phenoxy) is 1. The van der Waals surface area contributed by atoms with Crippen molar-refractivity contribution in [1.82, 2.24) is 0 Å². The second-order valence-electron chi connectivity index (χ2n) is 3.77. The monoisotopic (exact) mass is 230 g/mol. The second-order valence-corrected chi connectivity index (χ2v) is 3.77. The van der Waals surface area contributed by atoms with Crippen LogP contribution in [0.5, 0.6) is 0 Å². The molecule has 90 valence electrons. The molecule has 1 heterocycles. The van der Waals surface area contributed by atoms with Crippen LogP contribution in [0.4, 0.5) is 0 Å². The molecule has 1 saturated heterocycles. The summed E-state index contributed by atoms with van der Waals surface area (Å²) < 4.78 is 5.21. The number of unbranched alkanes of at least 4 members (excludes halogenated alkanes) is 1. The minimum atomic E-state index is -0.595. The fraction of sp³-hybridized carbons (Fsp3) is 0.467. The highest BCUT2D eigenvalue weighted by Gasteiger charge is 2.19. The van der Waals surface area contributed by atoms with Gasteiger partial charge in [0, 0.05) is 12.8 Å². The molecule has 2 atom stereocenters. The van der Waals surface area contributed by atoms with Gasteiger partial charge in [-0.05, 0) is 30.8 Å². The molecule has 0 saturated carbocycles. The summed E-state index contributed by atoms with van der Waals surface area (Å²) in [7, 11) is 0. The van der Waals surface area contributed by atoms with Crippen LogP contribution < -0.4 is 0 Å². The summed E-state index contributed by atoms with van der Waals surface area (Å²) in [5.74, 6) is 11.3. The van der Waals surface area contributed by atoms with E-state index in [1.807, 2.05) is 18.2 Å². The largest absolute Gasteiger partial charge is 0.368 e. The number of rotatable bonds is 3. The summed E-state index contributed by atoms with van der Waals surface area (Å²) in [5.41, 5.74) is 0. The third-order valence-corrected chi connectivity index (χ3v) is 2.24. The lowest BCUT2D eigenvalue weighted by atomic mass is 10.2. The number of allylic oxidation sites excluding steroid dienone is 3. The Labute approximate surface area is 103 Å². The third kappa shape index (κ3) is 6.64. The highest BCUT2D eigenvalue weighted by atomic mass is 16.6. The Balaban J connectivity index is 2.22. The molecule has 0 aromatic rings. The summed E-state index contributed by atoms with van der Waals surface area (Å²) in [6.07, 6.45) is 10.4. The van der Waals surface area contributed by atoms with Crippen LogP contribution in [0.1, 0.15) is 32.6 Å². The van der Waals surface area contributed by atoms with Crippen molar-refractivity contribution in [3.05, 3.63) is 24.3 Å². The van der Waals surface area contributed by atoms with E-state index >= 15 is 0 Å². The predicted octanol–water partition coefficient (Wildman–Crippen LogP) is 2.40. The zero-order chi connectivity index (χ0) is 12.3. The SMILES string of the molecule is CCCC#CC#C/C=C/C=C/[C@@H]1CC[C@H](O)O1. The van der Waals surface area contributed by atoms with Gasteiger partial charge in [-0.25, -0.2) is 0 Å². The van der Waals surface area contributed by atoms with Crippen LogP contribution in [0, 0.1) is 23.7 Å². The van der Waals surface area contributed by atoms with Crippen molar-refractivity contribution in [1.29, 1.82) is 0 Å². The van der Waals surface area contributed by atoms with Crippen LogP contribution in [-0.4, -0.2) is 17.5 Å². The van der Waals surface area contributed by atoms with Gasteiger partial charge in [-0.15, -0.1) is 0 Å². The minimum absolute atomic E-state index is 0.0342. The first kappa shape index (κ1) is 13.6. The Hall–Kier alpha value is -1.48. The van der Waals surface area contributed by atoms with Gasteiger partial charge in [0.1, 0.15) is 0 Å². The smallest absolute Gasteiger partial charge is 0.155 e. The normalized spacial score (nSPS) is 23.4. The molecule has 2 nitrogen and oxygen atoms in total. The quantitative estimate of drug-likeness (QED) is 0.596. The molecule has 0 aromatic heterocycles. The lowest BCUT2D eigenvalue weighted by Crippen LogP contribution is -2.06. The van der Waals surface area contributed by atoms with E-state index in [0.29, 0.717) is 6.42 Å². The van der Waals surface area contributed by atoms with Crippen molar-refractivity contribution >= 4 is 0 Å². The molecule has 1 rings (SSSR count). The van der Waals surface area contributed by atoms with Gasteiger partial charge in [0.15, 0.2) is 6.29 Å². The molecule has 0 unspecified atom stereocenters. The number of aliphatic hydroxyl groups is 1. The minimum Gasteiger partial charge on any atom is -0.368 e. The van der Waals surface area contributed by atoms with Gasteiger partial charge in [0.25, 0.3) is 0 Å². The molecule has 17 heavy (non-hydrogen) atoms. The van der Waals surface area contributed by atoms with E-state index in [1.165, 1.54) is 0 Å². The Morgan fingerprint density at radius 2 is 2.18 bits per heavy atom. The lowest BCUT2D eigenvalue weighted by Gasteiger charge is -2.02. The molecule has 1 N–H and O–H groups in total. The molecule has 1 aliphatic rings. The Kier molecular flexibility index (Phi) is 6.91. The molecule has 1 aliphatic heterocycles. The molecule has 0 amide bonds. The van der Waals surface area contributed by atoms with Gasteiger partial charge in [-0.3, -0.25) is 0 Å². The van der Waals surface area contributed by atoms with Gasteiger partial charge in [0.2, 0.25) is 0 Å². The van der Waals surface area contributed by atoms with Gasteiger partial charge < -0.3 is 9.84 Å². The van der Waals surface area contributed by atoms with Crippen LogP contribution in [0.2, 0.25) is 0 Å². The van der Waals surface area contributed by atoms with Crippen LogP contribution in [0.15, 0.2) is 24.3 Å². The number of hydrogen-bond donors (Lipinski definition) is 1. The van der Waals surface area contributed by atoms with Crippen molar-refractivity contribution in [2.75, 3.05) is 0 Å². The van der Waals surface area contributed by atoms with Crippen molar-refractivity contribution in [3.63, 3.8) is 0 Å². The highest BCUT2D eigenvalue weighted by Crippen LogP contribution is 2.18. The summed E-state index contributed by atoms with van der Waals surface area (Å²) in [6.45, 7) is 2.09. The van der Waals surface area contributed by atoms with Gasteiger partial charge in [-0.1, -0.05) is 37.0 Å². The molecule has 2 heteroatoms. The average molecular weight is 230 g/mol. The van der Waals surface area contributed by atoms with Crippen molar-refractivity contribution < 1.29 is 9.84 Å². The van der Waals surface area contributed by atoms with Gasteiger partial charge in [-0.2, -0.15) is 0 Å². The standard InChI is InChI=1S/C15H18O2/c1-2-3-4-5-6-7-8-9-10-11-14-12-13-15(16)17-14/h8-11,14-16H,2-3,12-13H2,1H3/b9-8+,11-10+/t14-,15-/m1/s1. The van der Waals surface area contributed by atoms with Crippen LogP contribution >= 0.6 is 0 Å². The molecular weight excluding hydrogens is 212 g/mol. The first-order chi connectivity index (χ1) is 8.33. The molecule has 1 fully saturated rings. The molecular formula is C15H18O2. The first-order valence-corrected chi connectivity index (χ1v) is 5.98. The summed E-state index contributed by atoms with van der Waals surface area (Å²) in [5, 5.41) is 9.13. The first-order valence-electron chi connectivity index (χ1n) is 5.98. The summed E-state index contributed by atoms with van der Waals surface area (Å²) in [6, 6.07) is 0. The molecule has 0 radical (unpaired) electrons. The zero-order valence-electron chi connectivity index (χ0n) is 10.1. The Morgan fingerprint density at radius 1 is 1.29 bits per heavy atom. The Morgan fingerprint density at radius 3 is 2.88 bits per heavy atom. The number of aliphatic hydroxyl groups excluding tert-OH is 1. The maximum absolute atomic E-state index is 9.13. The van der Waals surface area contributed by atoms with E-state index in [1.54, 1.807) is 6.08 Å². The van der Waals surface area contributed by atoms with Crippen LogP contribution in [0.25, 0.3) is 0 Å². The van der Waals surface area contributed by atoms with Crippen molar-refractivity contribution in [3.8, 4) is 23.7 Å². The van der Waals surface area contributed by atoms with E-state index in [9.17, 15) is 0 Å².